The average molecular weight is 484 g/mol. The van der Waals surface area contributed by atoms with Crippen LogP contribution in [0, 0.1) is 0 Å². The molecule has 164 valence electrons. The van der Waals surface area contributed by atoms with E-state index in [4.69, 9.17) is 9.47 Å². The van der Waals surface area contributed by atoms with Gasteiger partial charge >= 0.3 is 0 Å². The molecule has 3 rings (SSSR count). The van der Waals surface area contributed by atoms with E-state index < -0.39 is 0 Å². The van der Waals surface area contributed by atoms with Gasteiger partial charge in [0.05, 0.1) is 28.3 Å². The molecule has 0 radical (unpaired) electrons. The Bertz CT molecular complexity index is 985. The highest BCUT2D eigenvalue weighted by atomic mass is 79.9. The van der Waals surface area contributed by atoms with E-state index in [1.54, 1.807) is 32.4 Å². The zero-order valence-electron chi connectivity index (χ0n) is 18.6. The molecule has 0 N–H and O–H groups in total. The van der Waals surface area contributed by atoms with Crippen LogP contribution >= 0.6 is 0 Å². The number of hydrogen-bond donors (Lipinski definition) is 0. The maximum Gasteiger partial charge on any atom is 0.163 e. The van der Waals surface area contributed by atoms with Crippen LogP contribution in [0.1, 0.15) is 27.9 Å². The molecule has 0 unspecified atom stereocenters. The van der Waals surface area contributed by atoms with Crippen LogP contribution < -0.4 is 30.9 Å². The van der Waals surface area contributed by atoms with Crippen molar-refractivity contribution in [2.24, 2.45) is 0 Å². The zero-order chi connectivity index (χ0) is 21.6. The van der Waals surface area contributed by atoms with Crippen LogP contribution in [0.4, 0.5) is 5.69 Å². The first kappa shape index (κ1) is 24.6. The van der Waals surface area contributed by atoms with Crippen LogP contribution in [0.5, 0.6) is 11.5 Å². The summed E-state index contributed by atoms with van der Waals surface area (Å²) in [5.74, 6) is 1.30. The van der Waals surface area contributed by atoms with Gasteiger partial charge in [-0.25, -0.2) is 0 Å². The topological polar surface area (TPSA) is 35.5 Å². The summed E-state index contributed by atoms with van der Waals surface area (Å²) in [5, 5.41) is 0. The Balaban J connectivity index is 0.00000341. The maximum atomic E-state index is 12.6. The predicted molar refractivity (Wildman–Crippen MR) is 122 cm³/mol. The second-order valence-corrected chi connectivity index (χ2v) is 7.99. The van der Waals surface area contributed by atoms with Gasteiger partial charge in [0.1, 0.15) is 12.2 Å². The van der Waals surface area contributed by atoms with Crippen LogP contribution in [0.3, 0.4) is 0 Å². The Labute approximate surface area is 195 Å². The van der Waals surface area contributed by atoms with Gasteiger partial charge in [-0.05, 0) is 42.3 Å². The third-order valence-corrected chi connectivity index (χ3v) is 5.40. The van der Waals surface area contributed by atoms with Crippen molar-refractivity contribution in [3.05, 3.63) is 89.5 Å². The Morgan fingerprint density at radius 3 is 2.06 bits per heavy atom. The highest BCUT2D eigenvalue weighted by Crippen LogP contribution is 2.28. The third kappa shape index (κ3) is 6.42. The van der Waals surface area contributed by atoms with Gasteiger partial charge in [-0.15, -0.1) is 0 Å². The number of ether oxygens (including phenoxy) is 2. The molecule has 0 fully saturated rings. The Hall–Kier alpha value is -2.63. The fraction of sp³-hybridized carbons (Fsp3) is 0.269. The zero-order valence-corrected chi connectivity index (χ0v) is 20.2. The molecular formula is C26H30BrNO3. The fourth-order valence-corrected chi connectivity index (χ4v) is 3.61. The lowest BCUT2D eigenvalue weighted by molar-refractivity contribution is -0.0000147. The van der Waals surface area contributed by atoms with E-state index in [0.29, 0.717) is 29.9 Å². The summed E-state index contributed by atoms with van der Waals surface area (Å²) in [6.45, 7) is 0.929. The molecule has 0 heterocycles. The van der Waals surface area contributed by atoms with Crippen molar-refractivity contribution in [2.45, 2.75) is 19.4 Å². The van der Waals surface area contributed by atoms with Gasteiger partial charge in [0.25, 0.3) is 0 Å². The average Bonchev–Trinajstić information content (AvgIpc) is 2.77. The minimum absolute atomic E-state index is 0. The molecule has 4 nitrogen and oxygen atoms in total. The quantitative estimate of drug-likeness (QED) is 0.346. The number of aryl methyl sites for hydroxylation is 1. The Kier molecular flexibility index (Phi) is 8.84. The molecule has 0 aliphatic carbocycles. The number of rotatable bonds is 9. The van der Waals surface area contributed by atoms with Crippen LogP contribution in [-0.4, -0.2) is 34.1 Å². The number of halogens is 1. The number of carbonyl (C=O) groups is 1. The van der Waals surface area contributed by atoms with Gasteiger partial charge in [-0.1, -0.05) is 42.5 Å². The summed E-state index contributed by atoms with van der Waals surface area (Å²) < 4.78 is 11.3. The van der Waals surface area contributed by atoms with E-state index in [9.17, 15) is 4.79 Å². The lowest BCUT2D eigenvalue weighted by Crippen LogP contribution is -3.00. The first-order chi connectivity index (χ1) is 14.4. The molecule has 0 amide bonds. The summed E-state index contributed by atoms with van der Waals surface area (Å²) in [5.41, 5.74) is 4.36. The molecule has 3 aromatic carbocycles. The molecule has 5 heteroatoms. The number of hydrogen-bond acceptors (Lipinski definition) is 3. The van der Waals surface area contributed by atoms with Gasteiger partial charge in [-0.3, -0.25) is 9.28 Å². The smallest absolute Gasteiger partial charge is 0.163 e. The summed E-state index contributed by atoms with van der Waals surface area (Å²) in [7, 11) is 7.58. The Morgan fingerprint density at radius 1 is 0.806 bits per heavy atom. The maximum absolute atomic E-state index is 12.6. The highest BCUT2D eigenvalue weighted by molar-refractivity contribution is 5.96. The molecule has 3 aromatic rings. The minimum atomic E-state index is 0. The molecule has 0 aromatic heterocycles. The van der Waals surface area contributed by atoms with Gasteiger partial charge in [-0.2, -0.15) is 0 Å². The van der Waals surface area contributed by atoms with E-state index >= 15 is 0 Å². The number of benzene rings is 3. The van der Waals surface area contributed by atoms with Crippen molar-refractivity contribution in [1.82, 2.24) is 4.48 Å². The normalized spacial score (nSPS) is 10.8. The van der Waals surface area contributed by atoms with Gasteiger partial charge < -0.3 is 26.5 Å². The predicted octanol–water partition coefficient (Wildman–Crippen LogP) is 2.29. The van der Waals surface area contributed by atoms with E-state index in [2.05, 4.69) is 62.6 Å². The second kappa shape index (κ2) is 11.1. The van der Waals surface area contributed by atoms with Crippen LogP contribution in [0.15, 0.2) is 72.8 Å². The standard InChI is InChI=1S/C26H30NO3.BrH/c1-27(2,19-21-8-6-5-7-9-21)23-14-10-20(11-15-23)12-16-24(28)22-13-17-25(29-3)26(18-22)30-4;/h5-11,13-15,17-18H,12,16,19H2,1-4H3;1H/q+1;/p-1. The highest BCUT2D eigenvalue weighted by Gasteiger charge is 2.19. The molecule has 0 atom stereocenters. The van der Waals surface area contributed by atoms with E-state index in [1.165, 1.54) is 11.3 Å². The molecular weight excluding hydrogens is 454 g/mol. The number of methoxy groups -OCH3 is 2. The van der Waals surface area contributed by atoms with Gasteiger partial charge in [0.15, 0.2) is 17.3 Å². The van der Waals surface area contributed by atoms with Crippen LogP contribution in [0.2, 0.25) is 0 Å². The number of ketones is 1. The van der Waals surface area contributed by atoms with E-state index in [1.807, 2.05) is 6.07 Å². The molecule has 0 aliphatic rings. The summed E-state index contributed by atoms with van der Waals surface area (Å²) >= 11 is 0. The summed E-state index contributed by atoms with van der Waals surface area (Å²) in [6, 6.07) is 24.4. The number of quaternary nitrogens is 1. The SMILES string of the molecule is COc1ccc(C(=O)CCc2ccc([N+](C)(C)Cc3ccccc3)cc2)cc1OC.[Br-]. The van der Waals surface area contributed by atoms with E-state index in [0.717, 1.165) is 16.6 Å². The lowest BCUT2D eigenvalue weighted by Gasteiger charge is -2.29. The minimum Gasteiger partial charge on any atom is -1.00 e. The largest absolute Gasteiger partial charge is 1.00 e. The summed E-state index contributed by atoms with van der Waals surface area (Å²) in [4.78, 5) is 12.6. The van der Waals surface area contributed by atoms with Gasteiger partial charge in [0.2, 0.25) is 0 Å². The molecule has 0 saturated heterocycles. The van der Waals surface area contributed by atoms with Crippen molar-refractivity contribution in [3.8, 4) is 11.5 Å². The number of Topliss-reactive ketones (excluding diaryl/α,β-unsaturated/α-hetero) is 1. The molecule has 0 bridgehead atoms. The van der Waals surface area contributed by atoms with Crippen molar-refractivity contribution in [3.63, 3.8) is 0 Å². The molecule has 0 saturated carbocycles. The molecule has 31 heavy (non-hydrogen) atoms. The van der Waals surface area contributed by atoms with Crippen molar-refractivity contribution < 1.29 is 31.2 Å². The number of carbonyl (C=O) groups excluding carboxylic acids is 1. The van der Waals surface area contributed by atoms with Crippen LogP contribution in [0.25, 0.3) is 0 Å². The van der Waals surface area contributed by atoms with Gasteiger partial charge in [0, 0.05) is 17.5 Å². The van der Waals surface area contributed by atoms with Crippen molar-refractivity contribution in [2.75, 3.05) is 28.3 Å². The summed E-state index contributed by atoms with van der Waals surface area (Å²) in [6.07, 6.45) is 1.16. The lowest BCUT2D eigenvalue weighted by atomic mass is 10.0. The molecule has 0 spiro atoms. The Morgan fingerprint density at radius 2 is 1.45 bits per heavy atom. The fourth-order valence-electron chi connectivity index (χ4n) is 3.61. The van der Waals surface area contributed by atoms with Crippen LogP contribution in [-0.2, 0) is 13.0 Å². The second-order valence-electron chi connectivity index (χ2n) is 7.99. The van der Waals surface area contributed by atoms with E-state index in [-0.39, 0.29) is 22.8 Å². The molecule has 0 aliphatic heterocycles. The third-order valence-electron chi connectivity index (χ3n) is 5.40. The van der Waals surface area contributed by atoms with Crippen molar-refractivity contribution in [1.29, 1.82) is 0 Å². The number of nitrogens with zero attached hydrogens (tertiary/aromatic N) is 1. The first-order valence-corrected chi connectivity index (χ1v) is 10.1. The monoisotopic (exact) mass is 483 g/mol. The van der Waals surface area contributed by atoms with Crippen molar-refractivity contribution >= 4 is 11.5 Å². The first-order valence-electron chi connectivity index (χ1n) is 10.1.